The Labute approximate surface area is 556 Å². The average Bonchev–Trinajstić information content (AvgIpc) is 0.824. The van der Waals surface area contributed by atoms with Crippen molar-refractivity contribution in [3.05, 3.63) is 69.8 Å². The third-order valence-electron chi connectivity index (χ3n) is 18.8. The minimum absolute atomic E-state index is 0.157. The SMILES string of the molecule is COc1cc(OC)c(C(=O)NC2CCC(NC(=O)c3cc(C(=O)N4CCC(CN)CC4)c(OCCCCCN)cc3OCCCCCN)CC2)cc1C(=O)NC1CCC(NC(=O)c2cc(C(=O)N3CCC(CN)CC3)c(OCCCCCN)cc2OCCCCCN)CC1. The molecule has 0 spiro atoms. The van der Waals surface area contributed by atoms with Crippen LogP contribution < -0.4 is 84.1 Å². The number of rotatable bonds is 38. The topological polar surface area (TPSA) is 369 Å². The number of piperidine rings is 2. The third-order valence-corrected chi connectivity index (χ3v) is 18.8. The lowest BCUT2D eigenvalue weighted by molar-refractivity contribution is 0.0680. The number of methoxy groups -OCH3 is 2. The van der Waals surface area contributed by atoms with Gasteiger partial charge < -0.3 is 93.9 Å². The minimum atomic E-state index is -0.430. The zero-order chi connectivity index (χ0) is 67.2. The number of hydrogen-bond donors (Lipinski definition) is 10. The van der Waals surface area contributed by atoms with Gasteiger partial charge in [-0.25, -0.2) is 0 Å². The van der Waals surface area contributed by atoms with Crippen LogP contribution in [0.3, 0.4) is 0 Å². The predicted molar refractivity (Wildman–Crippen MR) is 363 cm³/mol. The lowest BCUT2D eigenvalue weighted by Gasteiger charge is -2.32. The van der Waals surface area contributed by atoms with E-state index in [0.717, 1.165) is 103 Å². The first-order valence-electron chi connectivity index (χ1n) is 34.9. The van der Waals surface area contributed by atoms with E-state index in [1.54, 1.807) is 24.3 Å². The molecule has 4 fully saturated rings. The highest BCUT2D eigenvalue weighted by molar-refractivity contribution is 6.05. The smallest absolute Gasteiger partial charge is 0.257 e. The first kappa shape index (κ1) is 74.4. The lowest BCUT2D eigenvalue weighted by Crippen LogP contribution is -2.44. The van der Waals surface area contributed by atoms with E-state index in [-0.39, 0.29) is 81.5 Å². The maximum atomic E-state index is 14.4. The monoisotopic (exact) mass is 1310 g/mol. The molecule has 3 aromatic carbocycles. The van der Waals surface area contributed by atoms with Crippen LogP contribution in [-0.4, -0.2) is 176 Å². The van der Waals surface area contributed by atoms with Crippen LogP contribution in [-0.2, 0) is 0 Å². The quantitative estimate of drug-likeness (QED) is 0.0281. The number of benzene rings is 3. The maximum absolute atomic E-state index is 14.4. The first-order valence-corrected chi connectivity index (χ1v) is 34.9. The van der Waals surface area contributed by atoms with Gasteiger partial charge in [0, 0.05) is 68.5 Å². The van der Waals surface area contributed by atoms with Gasteiger partial charge in [0.2, 0.25) is 0 Å². The number of carbonyl (C=O) groups is 6. The predicted octanol–water partition coefficient (Wildman–Crippen LogP) is 6.30. The zero-order valence-corrected chi connectivity index (χ0v) is 56.1. The molecule has 0 aromatic heterocycles. The molecule has 0 bridgehead atoms. The molecule has 2 aliphatic heterocycles. The number of nitrogens with one attached hydrogen (secondary N) is 4. The second-order valence-electron chi connectivity index (χ2n) is 25.7. The lowest BCUT2D eigenvalue weighted by atomic mass is 9.90. The Bertz CT molecular complexity index is 2700. The highest BCUT2D eigenvalue weighted by Crippen LogP contribution is 2.36. The molecule has 0 atom stereocenters. The van der Waals surface area contributed by atoms with Crippen LogP contribution in [0.5, 0.6) is 34.5 Å². The number of nitrogens with zero attached hydrogens (tertiary/aromatic N) is 2. The van der Waals surface area contributed by atoms with Crippen molar-refractivity contribution in [1.82, 2.24) is 31.1 Å². The van der Waals surface area contributed by atoms with Gasteiger partial charge in [-0.15, -0.1) is 0 Å². The molecule has 4 aliphatic rings. The standard InChI is InChI=1S/C70H110N12O12/c1-89-59-42-60(90-2)54(66(84)78-50-17-21-52(22-18-50)80-68(86)56-41-58(70(88)82-33-25-48(46-76)26-34-82)64(94-38-14-6-10-30-74)44-62(56)92-36-12-4-8-28-72)39-53(59)65(83)77-49-15-19-51(20-16-49)79-67(85)55-40-57(69(87)81-31-23-47(45-75)24-32-81)63(93-37-13-5-9-29-73)43-61(55)91-35-11-3-7-27-71/h39-44,47-52H,3-38,45-46,71-76H2,1-2H3,(H,77,83)(H,78,84)(H,79,85)(H,80,86). The number of likely N-dealkylation sites (tertiary alicyclic amines) is 2. The fourth-order valence-corrected chi connectivity index (χ4v) is 12.9. The molecule has 0 radical (unpaired) electrons. The van der Waals surface area contributed by atoms with E-state index in [1.807, 2.05) is 9.80 Å². The minimum Gasteiger partial charge on any atom is -0.496 e. The second-order valence-corrected chi connectivity index (χ2v) is 25.7. The van der Waals surface area contributed by atoms with E-state index >= 15 is 0 Å². The molecule has 2 saturated heterocycles. The van der Waals surface area contributed by atoms with E-state index in [0.29, 0.717) is 189 Å². The number of unbranched alkanes of at least 4 members (excludes halogenated alkanes) is 8. The summed E-state index contributed by atoms with van der Waals surface area (Å²) in [6.07, 6.45) is 17.4. The van der Waals surface area contributed by atoms with Crippen molar-refractivity contribution in [3.8, 4) is 34.5 Å². The van der Waals surface area contributed by atoms with E-state index in [1.165, 1.54) is 26.4 Å². The van der Waals surface area contributed by atoms with Crippen LogP contribution >= 0.6 is 0 Å². The van der Waals surface area contributed by atoms with E-state index < -0.39 is 11.8 Å². The second kappa shape index (κ2) is 39.8. The van der Waals surface area contributed by atoms with Crippen molar-refractivity contribution in [1.29, 1.82) is 0 Å². The van der Waals surface area contributed by atoms with Gasteiger partial charge in [-0.05, 0) is 223 Å². The maximum Gasteiger partial charge on any atom is 0.257 e. The Morgan fingerprint density at radius 1 is 0.340 bits per heavy atom. The van der Waals surface area contributed by atoms with Crippen molar-refractivity contribution in [3.63, 3.8) is 0 Å². The summed E-state index contributed by atoms with van der Waals surface area (Å²) in [4.78, 5) is 89.6. The van der Waals surface area contributed by atoms with Crippen LogP contribution in [0.1, 0.15) is 216 Å². The fourth-order valence-electron chi connectivity index (χ4n) is 12.9. The van der Waals surface area contributed by atoms with Gasteiger partial charge in [0.1, 0.15) is 34.5 Å². The molecule has 0 unspecified atom stereocenters. The van der Waals surface area contributed by atoms with Gasteiger partial charge in [0.05, 0.1) is 74.0 Å². The van der Waals surface area contributed by atoms with Crippen LogP contribution in [0.4, 0.5) is 0 Å². The van der Waals surface area contributed by atoms with Gasteiger partial charge in [-0.2, -0.15) is 0 Å². The molecule has 6 amide bonds. The van der Waals surface area contributed by atoms with Crippen LogP contribution in [0.15, 0.2) is 36.4 Å². The van der Waals surface area contributed by atoms with E-state index in [2.05, 4.69) is 21.3 Å². The van der Waals surface area contributed by atoms with Crippen LogP contribution in [0, 0.1) is 11.8 Å². The summed E-state index contributed by atoms with van der Waals surface area (Å²) in [6.45, 7) is 7.08. The Morgan fingerprint density at radius 2 is 0.585 bits per heavy atom. The Hall–Kier alpha value is -6.96. The molecule has 7 rings (SSSR count). The summed E-state index contributed by atoms with van der Waals surface area (Å²) in [5, 5.41) is 12.7. The summed E-state index contributed by atoms with van der Waals surface area (Å²) < 4.78 is 36.6. The van der Waals surface area contributed by atoms with Crippen LogP contribution in [0.25, 0.3) is 0 Å². The average molecular weight is 1310 g/mol. The molecular formula is C70H110N12O12. The molecule has 24 nitrogen and oxygen atoms in total. The van der Waals surface area contributed by atoms with Gasteiger partial charge >= 0.3 is 0 Å². The molecule has 2 aliphatic carbocycles. The van der Waals surface area contributed by atoms with Crippen molar-refractivity contribution in [2.45, 2.75) is 178 Å². The van der Waals surface area contributed by atoms with E-state index in [4.69, 9.17) is 62.8 Å². The molecule has 94 heavy (non-hydrogen) atoms. The molecule has 24 heteroatoms. The Balaban J connectivity index is 0.980. The third kappa shape index (κ3) is 22.1. The molecule has 3 aromatic rings. The molecule has 2 saturated carbocycles. The van der Waals surface area contributed by atoms with Crippen molar-refractivity contribution < 1.29 is 57.2 Å². The number of carbonyl (C=O) groups excluding carboxylic acids is 6. The number of ether oxygens (including phenoxy) is 6. The summed E-state index contributed by atoms with van der Waals surface area (Å²) >= 11 is 0. The van der Waals surface area contributed by atoms with Gasteiger partial charge in [-0.3, -0.25) is 28.8 Å². The summed E-state index contributed by atoms with van der Waals surface area (Å²) in [5.41, 5.74) is 36.4. The summed E-state index contributed by atoms with van der Waals surface area (Å²) in [7, 11) is 2.90. The highest BCUT2D eigenvalue weighted by atomic mass is 16.5. The molecule has 2 heterocycles. The Kier molecular flexibility index (Phi) is 31.5. The van der Waals surface area contributed by atoms with E-state index in [9.17, 15) is 28.8 Å². The summed E-state index contributed by atoms with van der Waals surface area (Å²) in [5.74, 6) is 0.525. The van der Waals surface area contributed by atoms with Crippen molar-refractivity contribution >= 4 is 35.4 Å². The fraction of sp³-hybridized carbons (Fsp3) is 0.657. The number of amides is 6. The van der Waals surface area contributed by atoms with Crippen LogP contribution in [0.2, 0.25) is 0 Å². The molecular weight excluding hydrogens is 1200 g/mol. The normalized spacial score (nSPS) is 18.6. The number of hydrogen-bond acceptors (Lipinski definition) is 18. The van der Waals surface area contributed by atoms with Gasteiger partial charge in [0.25, 0.3) is 35.4 Å². The zero-order valence-electron chi connectivity index (χ0n) is 56.1. The van der Waals surface area contributed by atoms with Crippen molar-refractivity contribution in [2.24, 2.45) is 46.2 Å². The van der Waals surface area contributed by atoms with Crippen molar-refractivity contribution in [2.75, 3.05) is 106 Å². The highest BCUT2D eigenvalue weighted by Gasteiger charge is 2.34. The first-order chi connectivity index (χ1) is 45.8. The molecule has 522 valence electrons. The number of nitrogens with two attached hydrogens (primary N) is 6. The largest absolute Gasteiger partial charge is 0.496 e. The summed E-state index contributed by atoms with van der Waals surface area (Å²) in [6, 6.07) is 8.66. The Morgan fingerprint density at radius 3 is 0.840 bits per heavy atom. The van der Waals surface area contributed by atoms with Gasteiger partial charge in [-0.1, -0.05) is 0 Å². The van der Waals surface area contributed by atoms with Gasteiger partial charge in [0.15, 0.2) is 0 Å². The molecule has 16 N–H and O–H groups in total.